The predicted molar refractivity (Wildman–Crippen MR) is 150 cm³/mol. The molecule has 1 amide bonds. The molecule has 2 saturated heterocycles. The van der Waals surface area contributed by atoms with Gasteiger partial charge in [0, 0.05) is 24.7 Å². The molecular weight excluding hydrogens is 580 g/mol. The summed E-state index contributed by atoms with van der Waals surface area (Å²) >= 11 is 5.98. The van der Waals surface area contributed by atoms with Gasteiger partial charge in [-0.1, -0.05) is 17.7 Å². The van der Waals surface area contributed by atoms with Gasteiger partial charge in [0.15, 0.2) is 0 Å². The van der Waals surface area contributed by atoms with Crippen molar-refractivity contribution < 1.29 is 36.3 Å². The Kier molecular flexibility index (Phi) is 9.15. The van der Waals surface area contributed by atoms with E-state index in [-0.39, 0.29) is 40.5 Å². The zero-order chi connectivity index (χ0) is 30.1. The largest absolute Gasteiger partial charge is 0.465 e. The maximum atomic E-state index is 15.0. The number of benzene rings is 2. The molecule has 9 nitrogen and oxygen atoms in total. The lowest BCUT2D eigenvalue weighted by Crippen LogP contribution is -2.63. The Balaban J connectivity index is 1.48. The summed E-state index contributed by atoms with van der Waals surface area (Å²) in [5, 5.41) is -1.04. The zero-order valence-corrected chi connectivity index (χ0v) is 25.0. The highest BCUT2D eigenvalue weighted by Crippen LogP contribution is 2.32. The third kappa shape index (κ3) is 7.10. The molecule has 0 N–H and O–H groups in total. The van der Waals surface area contributed by atoms with Crippen molar-refractivity contribution in [2.45, 2.75) is 57.1 Å². The second-order valence-corrected chi connectivity index (χ2v) is 13.8. The first-order valence-corrected chi connectivity index (χ1v) is 15.1. The van der Waals surface area contributed by atoms with Gasteiger partial charge in [-0.25, -0.2) is 26.8 Å². The van der Waals surface area contributed by atoms with Gasteiger partial charge >= 0.3 is 12.1 Å². The standard InChI is InChI=1S/C28H34ClF2N3O6S/c1-28(2,3)40-27(36)33-16-21(17-33)32-11-9-22(10-12-32)41(37,38)34(20-7-8-24(30)23(29)14-20)15-19-6-5-18(13-25(19)31)26(35)39-4/h5-8,13-14,21-22H,9-12,15-17H2,1-4H3. The van der Waals surface area contributed by atoms with E-state index in [4.69, 9.17) is 16.3 Å². The van der Waals surface area contributed by atoms with E-state index in [0.29, 0.717) is 39.0 Å². The molecule has 4 rings (SSSR count). The number of nitrogens with zero attached hydrogens (tertiary/aromatic N) is 3. The fourth-order valence-corrected chi connectivity index (χ4v) is 6.99. The second kappa shape index (κ2) is 12.1. The molecule has 0 atom stereocenters. The van der Waals surface area contributed by atoms with Crippen LogP contribution in [0.5, 0.6) is 0 Å². The zero-order valence-electron chi connectivity index (χ0n) is 23.4. The summed E-state index contributed by atoms with van der Waals surface area (Å²) < 4.78 is 67.9. The lowest BCUT2D eigenvalue weighted by atomic mass is 10.0. The molecule has 0 aliphatic carbocycles. The molecule has 2 aromatic carbocycles. The van der Waals surface area contributed by atoms with Crippen molar-refractivity contribution in [3.05, 3.63) is 64.2 Å². The highest BCUT2D eigenvalue weighted by molar-refractivity contribution is 7.93. The minimum absolute atomic E-state index is 0.0124. The summed E-state index contributed by atoms with van der Waals surface area (Å²) in [5.74, 6) is -2.22. The highest BCUT2D eigenvalue weighted by Gasteiger charge is 2.41. The average Bonchev–Trinajstić information content (AvgIpc) is 2.87. The minimum atomic E-state index is -4.05. The first-order valence-electron chi connectivity index (χ1n) is 13.2. The van der Waals surface area contributed by atoms with E-state index >= 15 is 4.39 Å². The molecule has 0 aromatic heterocycles. The van der Waals surface area contributed by atoms with Crippen molar-refractivity contribution in [2.75, 3.05) is 37.6 Å². The van der Waals surface area contributed by atoms with E-state index in [1.54, 1.807) is 4.90 Å². The first-order chi connectivity index (χ1) is 19.2. The molecule has 13 heteroatoms. The van der Waals surface area contributed by atoms with Crippen LogP contribution in [0.2, 0.25) is 5.02 Å². The van der Waals surface area contributed by atoms with Crippen LogP contribution >= 0.6 is 11.6 Å². The summed E-state index contributed by atoms with van der Waals surface area (Å²) in [6.07, 6.45) is 0.271. The summed E-state index contributed by atoms with van der Waals surface area (Å²) in [6.45, 7) is 7.05. The molecule has 2 aliphatic rings. The van der Waals surface area contributed by atoms with Crippen LogP contribution in [0.25, 0.3) is 0 Å². The highest BCUT2D eigenvalue weighted by atomic mass is 35.5. The van der Waals surface area contributed by atoms with Gasteiger partial charge in [-0.15, -0.1) is 0 Å². The van der Waals surface area contributed by atoms with E-state index < -0.39 is 38.5 Å². The molecule has 2 aliphatic heterocycles. The number of likely N-dealkylation sites (tertiary alicyclic amines) is 2. The lowest BCUT2D eigenvalue weighted by Gasteiger charge is -2.47. The van der Waals surface area contributed by atoms with Gasteiger partial charge in [0.1, 0.15) is 17.2 Å². The SMILES string of the molecule is COC(=O)c1ccc(CN(c2ccc(F)c(Cl)c2)S(=O)(=O)C2CCN(C3CN(C(=O)OC(C)(C)C)C3)CC2)c(F)c1. The maximum absolute atomic E-state index is 15.0. The van der Waals surface area contributed by atoms with Gasteiger partial charge < -0.3 is 14.4 Å². The molecule has 0 saturated carbocycles. The summed E-state index contributed by atoms with van der Waals surface area (Å²) in [5.41, 5.74) is -0.471. The summed E-state index contributed by atoms with van der Waals surface area (Å²) in [6, 6.07) is 7.32. The molecular formula is C28H34ClF2N3O6S. The number of ether oxygens (including phenoxy) is 2. The first kappa shape index (κ1) is 31.0. The number of halogens is 3. The van der Waals surface area contributed by atoms with Crippen molar-refractivity contribution in [1.82, 2.24) is 9.80 Å². The Morgan fingerprint density at radius 1 is 1.05 bits per heavy atom. The van der Waals surface area contributed by atoms with Crippen molar-refractivity contribution in [2.24, 2.45) is 0 Å². The van der Waals surface area contributed by atoms with Gasteiger partial charge in [0.2, 0.25) is 10.0 Å². The quantitative estimate of drug-likeness (QED) is 0.413. The molecule has 41 heavy (non-hydrogen) atoms. The molecule has 224 valence electrons. The van der Waals surface area contributed by atoms with Crippen LogP contribution in [0.1, 0.15) is 49.5 Å². The van der Waals surface area contributed by atoms with Crippen molar-refractivity contribution in [3.63, 3.8) is 0 Å². The molecule has 2 fully saturated rings. The normalized spacial score (nSPS) is 17.2. The van der Waals surface area contributed by atoms with Crippen molar-refractivity contribution in [1.29, 1.82) is 0 Å². The van der Waals surface area contributed by atoms with Gasteiger partial charge in [0.05, 0.1) is 35.2 Å². The number of carbonyl (C=O) groups excluding carboxylic acids is 2. The molecule has 0 bridgehead atoms. The van der Waals surface area contributed by atoms with Gasteiger partial charge in [-0.2, -0.15) is 0 Å². The molecule has 2 heterocycles. The monoisotopic (exact) mass is 613 g/mol. The second-order valence-electron chi connectivity index (χ2n) is 11.2. The van der Waals surface area contributed by atoms with Crippen LogP contribution in [0.4, 0.5) is 19.3 Å². The number of esters is 1. The lowest BCUT2D eigenvalue weighted by molar-refractivity contribution is -0.0184. The average molecular weight is 614 g/mol. The summed E-state index contributed by atoms with van der Waals surface area (Å²) in [7, 11) is -2.88. The third-order valence-corrected chi connectivity index (χ3v) is 9.77. The number of sulfonamides is 1. The van der Waals surface area contributed by atoms with E-state index in [2.05, 4.69) is 9.64 Å². The number of anilines is 1. The minimum Gasteiger partial charge on any atom is -0.465 e. The Morgan fingerprint density at radius 3 is 2.27 bits per heavy atom. The van der Waals surface area contributed by atoms with Gasteiger partial charge in [-0.3, -0.25) is 9.21 Å². The number of carbonyl (C=O) groups is 2. The number of hydrogen-bond donors (Lipinski definition) is 0. The number of rotatable bonds is 7. The van der Waals surface area contributed by atoms with Crippen molar-refractivity contribution in [3.8, 4) is 0 Å². The Bertz CT molecular complexity index is 1400. The van der Waals surface area contributed by atoms with Crippen LogP contribution in [0.3, 0.4) is 0 Å². The number of methoxy groups -OCH3 is 1. The molecule has 0 unspecified atom stereocenters. The van der Waals surface area contributed by atoms with Crippen LogP contribution in [0, 0.1) is 11.6 Å². The predicted octanol–water partition coefficient (Wildman–Crippen LogP) is 4.82. The van der Waals surface area contributed by atoms with Gasteiger partial charge in [-0.05, 0) is 77.0 Å². The Hall–Kier alpha value is -2.96. The fourth-order valence-electron chi connectivity index (χ4n) is 4.92. The smallest absolute Gasteiger partial charge is 0.410 e. The molecule has 2 aromatic rings. The van der Waals surface area contributed by atoms with Crippen molar-refractivity contribution >= 4 is 39.4 Å². The maximum Gasteiger partial charge on any atom is 0.410 e. The van der Waals surface area contributed by atoms with E-state index in [9.17, 15) is 22.4 Å². The Labute approximate surface area is 244 Å². The fraction of sp³-hybridized carbons (Fsp3) is 0.500. The number of hydrogen-bond acceptors (Lipinski definition) is 7. The van der Waals surface area contributed by atoms with Crippen LogP contribution < -0.4 is 4.31 Å². The van der Waals surface area contributed by atoms with E-state index in [1.807, 2.05) is 20.8 Å². The summed E-state index contributed by atoms with van der Waals surface area (Å²) in [4.78, 5) is 27.8. The van der Waals surface area contributed by atoms with Crippen LogP contribution in [-0.2, 0) is 26.0 Å². The Morgan fingerprint density at radius 2 is 1.71 bits per heavy atom. The molecule has 0 spiro atoms. The van der Waals surface area contributed by atoms with Crippen LogP contribution in [-0.4, -0.2) is 80.5 Å². The topological polar surface area (TPSA) is 96.5 Å². The van der Waals surface area contributed by atoms with Gasteiger partial charge in [0.25, 0.3) is 0 Å². The van der Waals surface area contributed by atoms with E-state index in [1.165, 1.54) is 31.4 Å². The molecule has 0 radical (unpaired) electrons. The van der Waals surface area contributed by atoms with E-state index in [0.717, 1.165) is 16.4 Å². The van der Waals surface area contributed by atoms with Crippen LogP contribution in [0.15, 0.2) is 36.4 Å². The number of piperidine rings is 1. The third-order valence-electron chi connectivity index (χ3n) is 7.21. The number of amides is 1.